The molecule has 0 saturated carbocycles. The Morgan fingerprint density at radius 1 is 0.912 bits per heavy atom. The van der Waals surface area contributed by atoms with Gasteiger partial charge in [-0.25, -0.2) is 9.59 Å². The van der Waals surface area contributed by atoms with Crippen molar-refractivity contribution in [3.05, 3.63) is 89.5 Å². The number of carboxylic acid groups (broad SMARTS) is 1. The van der Waals surface area contributed by atoms with E-state index in [1.165, 1.54) is 6.07 Å². The summed E-state index contributed by atoms with van der Waals surface area (Å²) in [5, 5.41) is 14.5. The molecule has 0 unspecified atom stereocenters. The number of rotatable bonds is 7. The number of hydrogen-bond acceptors (Lipinski definition) is 4. The smallest absolute Gasteiger partial charge is 0.411 e. The van der Waals surface area contributed by atoms with E-state index in [-0.39, 0.29) is 24.0 Å². The number of ether oxygens (including phenoxy) is 1. The fourth-order valence-corrected chi connectivity index (χ4v) is 4.23. The Labute approximate surface area is 197 Å². The van der Waals surface area contributed by atoms with Gasteiger partial charge in [0.2, 0.25) is 0 Å². The minimum Gasteiger partial charge on any atom is -0.480 e. The van der Waals surface area contributed by atoms with Crippen molar-refractivity contribution in [1.29, 1.82) is 0 Å². The molecule has 0 radical (unpaired) electrons. The molecule has 0 aliphatic heterocycles. The highest BCUT2D eigenvalue weighted by atomic mass is 16.5. The van der Waals surface area contributed by atoms with Crippen LogP contribution in [0.3, 0.4) is 0 Å². The molecule has 0 fully saturated rings. The molecular formula is C27H26N2O5. The average molecular weight is 459 g/mol. The quantitative estimate of drug-likeness (QED) is 0.468. The van der Waals surface area contributed by atoms with E-state index in [9.17, 15) is 19.5 Å². The molecule has 0 spiro atoms. The maximum atomic E-state index is 12.5. The van der Waals surface area contributed by atoms with E-state index in [4.69, 9.17) is 4.74 Å². The Morgan fingerprint density at radius 2 is 1.53 bits per heavy atom. The second-order valence-corrected chi connectivity index (χ2v) is 8.56. The molecule has 3 N–H and O–H groups in total. The summed E-state index contributed by atoms with van der Waals surface area (Å²) >= 11 is 0. The Hall–Kier alpha value is -4.13. The van der Waals surface area contributed by atoms with Gasteiger partial charge in [-0.3, -0.25) is 10.1 Å². The first kappa shape index (κ1) is 23.0. The number of amides is 2. The minimum atomic E-state index is -1.10. The van der Waals surface area contributed by atoms with Gasteiger partial charge >= 0.3 is 12.1 Å². The number of carbonyl (C=O) groups is 3. The molecule has 1 atom stereocenters. The SMILES string of the molecule is CC(C)[C@H](NC(=O)c1cccc(NC(=O)OCC2c3ccccc3-c3ccccc32)c1)C(=O)O. The van der Waals surface area contributed by atoms with Crippen LogP contribution in [0.25, 0.3) is 11.1 Å². The van der Waals surface area contributed by atoms with E-state index >= 15 is 0 Å². The van der Waals surface area contributed by atoms with Crippen LogP contribution in [0.4, 0.5) is 10.5 Å². The molecule has 7 heteroatoms. The van der Waals surface area contributed by atoms with E-state index in [0.29, 0.717) is 5.69 Å². The van der Waals surface area contributed by atoms with Gasteiger partial charge in [-0.15, -0.1) is 0 Å². The van der Waals surface area contributed by atoms with E-state index in [0.717, 1.165) is 22.3 Å². The van der Waals surface area contributed by atoms with Crippen molar-refractivity contribution in [3.8, 4) is 11.1 Å². The third-order valence-electron chi connectivity index (χ3n) is 5.93. The topological polar surface area (TPSA) is 105 Å². The Morgan fingerprint density at radius 3 is 2.12 bits per heavy atom. The lowest BCUT2D eigenvalue weighted by Crippen LogP contribution is -2.44. The summed E-state index contributed by atoms with van der Waals surface area (Å²) < 4.78 is 5.54. The number of aliphatic carboxylic acids is 1. The van der Waals surface area contributed by atoms with Gasteiger partial charge in [0, 0.05) is 17.2 Å². The fourth-order valence-electron chi connectivity index (χ4n) is 4.23. The Balaban J connectivity index is 1.41. The summed E-state index contributed by atoms with van der Waals surface area (Å²) in [5.41, 5.74) is 5.14. The van der Waals surface area contributed by atoms with Crippen LogP contribution in [0.5, 0.6) is 0 Å². The largest absolute Gasteiger partial charge is 0.480 e. The zero-order chi connectivity index (χ0) is 24.2. The van der Waals surface area contributed by atoms with Crippen LogP contribution in [0.15, 0.2) is 72.8 Å². The van der Waals surface area contributed by atoms with Crippen molar-refractivity contribution in [2.75, 3.05) is 11.9 Å². The number of fused-ring (bicyclic) bond motifs is 3. The lowest BCUT2D eigenvalue weighted by molar-refractivity contribution is -0.140. The number of nitrogens with one attached hydrogen (secondary N) is 2. The standard InChI is InChI=1S/C27H26N2O5/c1-16(2)24(26(31)32)29-25(30)17-8-7-9-18(14-17)28-27(33)34-15-23-21-12-5-3-10-19(21)20-11-4-6-13-22(20)23/h3-14,16,23-24H,15H2,1-2H3,(H,28,33)(H,29,30)(H,31,32)/t24-/m0/s1. The maximum Gasteiger partial charge on any atom is 0.411 e. The van der Waals surface area contributed by atoms with Gasteiger partial charge in [-0.2, -0.15) is 0 Å². The van der Waals surface area contributed by atoms with E-state index in [1.54, 1.807) is 32.0 Å². The van der Waals surface area contributed by atoms with Gasteiger partial charge in [0.1, 0.15) is 12.6 Å². The van der Waals surface area contributed by atoms with Crippen LogP contribution in [-0.4, -0.2) is 35.7 Å². The number of carboxylic acids is 1. The fraction of sp³-hybridized carbons (Fsp3) is 0.222. The van der Waals surface area contributed by atoms with E-state index < -0.39 is 24.0 Å². The maximum absolute atomic E-state index is 12.5. The summed E-state index contributed by atoms with van der Waals surface area (Å²) in [6, 6.07) is 21.4. The summed E-state index contributed by atoms with van der Waals surface area (Å²) in [4.78, 5) is 36.4. The van der Waals surface area contributed by atoms with E-state index in [1.807, 2.05) is 36.4 Å². The second-order valence-electron chi connectivity index (χ2n) is 8.56. The molecule has 4 rings (SSSR count). The van der Waals surface area contributed by atoms with Crippen LogP contribution in [0.1, 0.15) is 41.3 Å². The molecule has 3 aromatic rings. The van der Waals surface area contributed by atoms with Crippen molar-refractivity contribution in [3.63, 3.8) is 0 Å². The Kier molecular flexibility index (Phi) is 6.63. The highest BCUT2D eigenvalue weighted by Crippen LogP contribution is 2.44. The summed E-state index contributed by atoms with van der Waals surface area (Å²) in [6.45, 7) is 3.61. The highest BCUT2D eigenvalue weighted by Gasteiger charge is 2.29. The zero-order valence-corrected chi connectivity index (χ0v) is 18.9. The monoisotopic (exact) mass is 458 g/mol. The van der Waals surface area contributed by atoms with Crippen molar-refractivity contribution < 1.29 is 24.2 Å². The summed E-state index contributed by atoms with van der Waals surface area (Å²) in [5.74, 6) is -1.96. The first-order valence-corrected chi connectivity index (χ1v) is 11.1. The number of hydrogen-bond donors (Lipinski definition) is 3. The second kappa shape index (κ2) is 9.79. The first-order valence-electron chi connectivity index (χ1n) is 11.1. The molecule has 3 aromatic carbocycles. The average Bonchev–Trinajstić information content (AvgIpc) is 3.14. The van der Waals surface area contributed by atoms with Crippen LogP contribution in [0.2, 0.25) is 0 Å². The van der Waals surface area contributed by atoms with Gasteiger partial charge in [-0.1, -0.05) is 68.4 Å². The molecule has 1 aliphatic rings. The van der Waals surface area contributed by atoms with E-state index in [2.05, 4.69) is 22.8 Å². The minimum absolute atomic E-state index is 0.0563. The van der Waals surface area contributed by atoms with Gasteiger partial charge in [0.05, 0.1) is 0 Å². The predicted octanol–water partition coefficient (Wildman–Crippen LogP) is 4.89. The van der Waals surface area contributed by atoms with Crippen LogP contribution in [0, 0.1) is 5.92 Å². The molecular weight excluding hydrogens is 432 g/mol. The molecule has 0 bridgehead atoms. The van der Waals surface area contributed by atoms with Gasteiger partial charge in [-0.05, 0) is 46.4 Å². The normalized spacial score (nSPS) is 13.0. The third-order valence-corrected chi connectivity index (χ3v) is 5.93. The summed E-state index contributed by atoms with van der Waals surface area (Å²) in [7, 11) is 0. The molecule has 0 saturated heterocycles. The Bertz CT molecular complexity index is 1190. The van der Waals surface area contributed by atoms with Crippen LogP contribution >= 0.6 is 0 Å². The molecule has 7 nitrogen and oxygen atoms in total. The van der Waals surface area contributed by atoms with Gasteiger partial charge < -0.3 is 15.2 Å². The van der Waals surface area contributed by atoms with Crippen LogP contribution in [-0.2, 0) is 9.53 Å². The van der Waals surface area contributed by atoms with Crippen molar-refractivity contribution in [2.45, 2.75) is 25.8 Å². The van der Waals surface area contributed by atoms with Crippen molar-refractivity contribution in [2.24, 2.45) is 5.92 Å². The molecule has 34 heavy (non-hydrogen) atoms. The molecule has 1 aliphatic carbocycles. The third kappa shape index (κ3) is 4.78. The first-order chi connectivity index (χ1) is 16.3. The predicted molar refractivity (Wildman–Crippen MR) is 129 cm³/mol. The van der Waals surface area contributed by atoms with Crippen LogP contribution < -0.4 is 10.6 Å². The van der Waals surface area contributed by atoms with Gasteiger partial charge in [0.25, 0.3) is 5.91 Å². The highest BCUT2D eigenvalue weighted by molar-refractivity contribution is 5.98. The number of benzene rings is 3. The molecule has 0 aromatic heterocycles. The summed E-state index contributed by atoms with van der Waals surface area (Å²) in [6.07, 6.45) is -0.634. The molecule has 174 valence electrons. The van der Waals surface area contributed by atoms with Crippen molar-refractivity contribution in [1.82, 2.24) is 5.32 Å². The lowest BCUT2D eigenvalue weighted by atomic mass is 9.98. The molecule has 2 amide bonds. The number of anilines is 1. The zero-order valence-electron chi connectivity index (χ0n) is 18.9. The lowest BCUT2D eigenvalue weighted by Gasteiger charge is -2.18. The van der Waals surface area contributed by atoms with Gasteiger partial charge in [0.15, 0.2) is 0 Å². The van der Waals surface area contributed by atoms with Crippen molar-refractivity contribution >= 4 is 23.7 Å². The molecule has 0 heterocycles. The number of carbonyl (C=O) groups excluding carboxylic acids is 2.